The molecule has 0 bridgehead atoms. The summed E-state index contributed by atoms with van der Waals surface area (Å²) in [6, 6.07) is 4.92. The van der Waals surface area contributed by atoms with Gasteiger partial charge in [-0.2, -0.15) is 0 Å². The lowest BCUT2D eigenvalue weighted by atomic mass is 10.1. The van der Waals surface area contributed by atoms with Crippen LogP contribution in [0.15, 0.2) is 18.2 Å². The van der Waals surface area contributed by atoms with Crippen molar-refractivity contribution in [3.05, 3.63) is 33.8 Å². The van der Waals surface area contributed by atoms with Crippen molar-refractivity contribution in [2.75, 3.05) is 6.54 Å². The average Bonchev–Trinajstić information content (AvgIpc) is 2.21. The molecule has 1 amide bonds. The Morgan fingerprint density at radius 1 is 1.53 bits per heavy atom. The second-order valence-corrected chi connectivity index (χ2v) is 4.00. The minimum Gasteiger partial charge on any atom is -0.348 e. The summed E-state index contributed by atoms with van der Waals surface area (Å²) in [5.74, 6) is -0.224. The molecule has 0 aromatic heterocycles. The lowest BCUT2D eigenvalue weighted by Crippen LogP contribution is -2.32. The first-order valence-electron chi connectivity index (χ1n) is 4.49. The number of hydrogen-bond acceptors (Lipinski definition) is 2. The van der Waals surface area contributed by atoms with Gasteiger partial charge in [0.2, 0.25) is 5.91 Å². The summed E-state index contributed by atoms with van der Waals surface area (Å²) in [6.45, 7) is 1.79. The largest absolute Gasteiger partial charge is 0.348 e. The number of amides is 1. The zero-order valence-electron chi connectivity index (χ0n) is 8.26. The van der Waals surface area contributed by atoms with Gasteiger partial charge in [-0.1, -0.05) is 23.2 Å². The predicted octanol–water partition coefficient (Wildman–Crippen LogP) is 2.13. The highest BCUT2D eigenvalue weighted by Crippen LogP contribution is 2.25. The third-order valence-corrected chi connectivity index (χ3v) is 2.57. The van der Waals surface area contributed by atoms with Crippen LogP contribution in [0.1, 0.15) is 18.5 Å². The molecule has 0 saturated carbocycles. The lowest BCUT2D eigenvalue weighted by Gasteiger charge is -2.15. The number of nitrogens with one attached hydrogen (secondary N) is 1. The Bertz CT molecular complexity index is 368. The fraction of sp³-hybridized carbons (Fsp3) is 0.300. The van der Waals surface area contributed by atoms with Gasteiger partial charge in [-0.25, -0.2) is 0 Å². The topological polar surface area (TPSA) is 55.1 Å². The second kappa shape index (κ2) is 5.35. The van der Waals surface area contributed by atoms with Crippen LogP contribution in [0.4, 0.5) is 0 Å². The van der Waals surface area contributed by atoms with Crippen molar-refractivity contribution in [3.63, 3.8) is 0 Å². The van der Waals surface area contributed by atoms with Gasteiger partial charge in [0.25, 0.3) is 0 Å². The normalized spacial score (nSPS) is 12.3. The van der Waals surface area contributed by atoms with Gasteiger partial charge in [-0.05, 0) is 30.7 Å². The molecule has 0 saturated heterocycles. The van der Waals surface area contributed by atoms with E-state index in [4.69, 9.17) is 28.9 Å². The summed E-state index contributed by atoms with van der Waals surface area (Å²) in [6.07, 6.45) is 0. The Labute approximate surface area is 98.5 Å². The molecule has 1 rings (SSSR count). The molecular weight excluding hydrogens is 235 g/mol. The van der Waals surface area contributed by atoms with Crippen LogP contribution >= 0.6 is 23.2 Å². The maximum atomic E-state index is 11.1. The zero-order valence-corrected chi connectivity index (χ0v) is 9.77. The summed E-state index contributed by atoms with van der Waals surface area (Å²) in [7, 11) is 0. The molecule has 0 fully saturated rings. The fourth-order valence-corrected chi connectivity index (χ4v) is 1.69. The maximum Gasteiger partial charge on any atom is 0.234 e. The van der Waals surface area contributed by atoms with Gasteiger partial charge in [0, 0.05) is 10.0 Å². The first-order chi connectivity index (χ1) is 7.04. The summed E-state index contributed by atoms with van der Waals surface area (Å²) in [5.41, 5.74) is 5.98. The first kappa shape index (κ1) is 12.3. The van der Waals surface area contributed by atoms with Crippen LogP contribution in [0.25, 0.3) is 0 Å². The number of carbonyl (C=O) groups excluding carboxylic acids is 1. The Balaban J connectivity index is 2.85. The molecule has 0 heterocycles. The van der Waals surface area contributed by atoms with E-state index in [2.05, 4.69) is 5.32 Å². The standard InChI is InChI=1S/C10H12Cl2N2O/c1-6(14-10(15)5-13)8-4-7(11)2-3-9(8)12/h2-4,6H,5,13H2,1H3,(H,14,15). The number of halogens is 2. The van der Waals surface area contributed by atoms with Crippen molar-refractivity contribution in [2.24, 2.45) is 5.73 Å². The Morgan fingerprint density at radius 2 is 2.20 bits per heavy atom. The second-order valence-electron chi connectivity index (χ2n) is 3.16. The summed E-state index contributed by atoms with van der Waals surface area (Å²) < 4.78 is 0. The van der Waals surface area contributed by atoms with E-state index in [1.165, 1.54) is 0 Å². The van der Waals surface area contributed by atoms with Crippen molar-refractivity contribution in [2.45, 2.75) is 13.0 Å². The minimum absolute atomic E-state index is 0.0392. The van der Waals surface area contributed by atoms with Crippen LogP contribution in [0, 0.1) is 0 Å². The summed E-state index contributed by atoms with van der Waals surface area (Å²) in [4.78, 5) is 11.1. The first-order valence-corrected chi connectivity index (χ1v) is 5.24. The van der Waals surface area contributed by atoms with Gasteiger partial charge in [-0.15, -0.1) is 0 Å². The van der Waals surface area contributed by atoms with Crippen molar-refractivity contribution >= 4 is 29.1 Å². The van der Waals surface area contributed by atoms with E-state index in [1.807, 2.05) is 6.92 Å². The lowest BCUT2D eigenvalue weighted by molar-refractivity contribution is -0.120. The molecule has 5 heteroatoms. The minimum atomic E-state index is -0.224. The SMILES string of the molecule is CC(NC(=O)CN)c1cc(Cl)ccc1Cl. The van der Waals surface area contributed by atoms with E-state index < -0.39 is 0 Å². The quantitative estimate of drug-likeness (QED) is 0.859. The third kappa shape index (κ3) is 3.38. The van der Waals surface area contributed by atoms with Gasteiger partial charge < -0.3 is 11.1 Å². The van der Waals surface area contributed by atoms with E-state index in [0.717, 1.165) is 5.56 Å². The highest BCUT2D eigenvalue weighted by molar-refractivity contribution is 6.33. The van der Waals surface area contributed by atoms with Crippen molar-refractivity contribution in [3.8, 4) is 0 Å². The van der Waals surface area contributed by atoms with Crippen molar-refractivity contribution in [1.29, 1.82) is 0 Å². The molecule has 15 heavy (non-hydrogen) atoms. The van der Waals surface area contributed by atoms with Crippen LogP contribution in [-0.4, -0.2) is 12.5 Å². The molecule has 1 unspecified atom stereocenters. The number of benzene rings is 1. The molecular formula is C10H12Cl2N2O. The molecule has 0 aliphatic rings. The van der Waals surface area contributed by atoms with Crippen molar-refractivity contribution in [1.82, 2.24) is 5.32 Å². The van der Waals surface area contributed by atoms with Crippen LogP contribution in [0.3, 0.4) is 0 Å². The molecule has 0 aliphatic heterocycles. The van der Waals surface area contributed by atoms with E-state index in [9.17, 15) is 4.79 Å². The Kier molecular flexibility index (Phi) is 4.39. The van der Waals surface area contributed by atoms with E-state index in [1.54, 1.807) is 18.2 Å². The van der Waals surface area contributed by atoms with Gasteiger partial charge >= 0.3 is 0 Å². The Hall–Kier alpha value is -0.770. The van der Waals surface area contributed by atoms with Crippen LogP contribution < -0.4 is 11.1 Å². The van der Waals surface area contributed by atoms with Crippen molar-refractivity contribution < 1.29 is 4.79 Å². The van der Waals surface area contributed by atoms with Crippen LogP contribution in [0.5, 0.6) is 0 Å². The van der Waals surface area contributed by atoms with E-state index >= 15 is 0 Å². The monoisotopic (exact) mass is 246 g/mol. The molecule has 3 N–H and O–H groups in total. The molecule has 1 aromatic carbocycles. The molecule has 1 aromatic rings. The highest BCUT2D eigenvalue weighted by atomic mass is 35.5. The smallest absolute Gasteiger partial charge is 0.234 e. The number of hydrogen-bond donors (Lipinski definition) is 2. The number of rotatable bonds is 3. The molecule has 3 nitrogen and oxygen atoms in total. The third-order valence-electron chi connectivity index (χ3n) is 1.99. The Morgan fingerprint density at radius 3 is 2.80 bits per heavy atom. The average molecular weight is 247 g/mol. The molecule has 1 atom stereocenters. The van der Waals surface area contributed by atoms with E-state index in [-0.39, 0.29) is 18.5 Å². The molecule has 0 spiro atoms. The van der Waals surface area contributed by atoms with Gasteiger partial charge in [0.1, 0.15) is 0 Å². The molecule has 0 aliphatic carbocycles. The molecule has 0 radical (unpaired) electrons. The highest BCUT2D eigenvalue weighted by Gasteiger charge is 2.11. The molecule has 82 valence electrons. The predicted molar refractivity (Wildman–Crippen MR) is 62.1 cm³/mol. The van der Waals surface area contributed by atoms with Gasteiger partial charge in [0.05, 0.1) is 12.6 Å². The fourth-order valence-electron chi connectivity index (χ4n) is 1.22. The number of carbonyl (C=O) groups is 1. The zero-order chi connectivity index (χ0) is 11.4. The summed E-state index contributed by atoms with van der Waals surface area (Å²) >= 11 is 11.8. The van der Waals surface area contributed by atoms with Gasteiger partial charge in [0.15, 0.2) is 0 Å². The van der Waals surface area contributed by atoms with E-state index in [0.29, 0.717) is 10.0 Å². The van der Waals surface area contributed by atoms with Gasteiger partial charge in [-0.3, -0.25) is 4.79 Å². The summed E-state index contributed by atoms with van der Waals surface area (Å²) in [5, 5.41) is 3.87. The van der Waals surface area contributed by atoms with Crippen LogP contribution in [-0.2, 0) is 4.79 Å². The number of nitrogens with two attached hydrogens (primary N) is 1. The maximum absolute atomic E-state index is 11.1. The van der Waals surface area contributed by atoms with Crippen LogP contribution in [0.2, 0.25) is 10.0 Å².